The molecule has 1 N–H and O–H groups in total. The Hall–Kier alpha value is -2.60. The smallest absolute Gasteiger partial charge is 0.387 e. The van der Waals surface area contributed by atoms with E-state index in [2.05, 4.69) is 10.1 Å². The van der Waals surface area contributed by atoms with E-state index in [1.165, 1.54) is 25.3 Å². The maximum atomic E-state index is 12.3. The van der Waals surface area contributed by atoms with Crippen LogP contribution in [0, 0.1) is 0 Å². The highest BCUT2D eigenvalue weighted by molar-refractivity contribution is 6.30. The molecule has 0 radical (unpaired) electrons. The van der Waals surface area contributed by atoms with E-state index in [-0.39, 0.29) is 23.4 Å². The molecule has 2 aromatic rings. The largest absolute Gasteiger partial charge is 0.493 e. The van der Waals surface area contributed by atoms with Gasteiger partial charge in [-0.1, -0.05) is 29.8 Å². The number of methoxy groups -OCH3 is 1. The summed E-state index contributed by atoms with van der Waals surface area (Å²) in [5.74, 6) is -0.219. The SMILES string of the molecule is COc1cc(/C=C/C(=O)NC(C)c2cccc(Cl)c2)ccc1OC(F)F. The van der Waals surface area contributed by atoms with Gasteiger partial charge in [-0.15, -0.1) is 0 Å². The van der Waals surface area contributed by atoms with Crippen LogP contribution in [0.2, 0.25) is 5.02 Å². The van der Waals surface area contributed by atoms with Crippen LogP contribution in [-0.2, 0) is 4.79 Å². The molecule has 0 aromatic heterocycles. The van der Waals surface area contributed by atoms with Gasteiger partial charge >= 0.3 is 6.61 Å². The Bertz CT molecular complexity index is 796. The van der Waals surface area contributed by atoms with Crippen molar-refractivity contribution in [3.8, 4) is 11.5 Å². The molecule has 0 aliphatic carbocycles. The number of alkyl halides is 2. The van der Waals surface area contributed by atoms with E-state index in [0.29, 0.717) is 10.6 Å². The van der Waals surface area contributed by atoms with Crippen molar-refractivity contribution in [2.24, 2.45) is 0 Å². The summed E-state index contributed by atoms with van der Waals surface area (Å²) < 4.78 is 34.0. The van der Waals surface area contributed by atoms with Gasteiger partial charge in [0.1, 0.15) is 0 Å². The predicted octanol–water partition coefficient (Wildman–Crippen LogP) is 4.84. The molecule has 0 heterocycles. The maximum Gasteiger partial charge on any atom is 0.387 e. The van der Waals surface area contributed by atoms with Crippen LogP contribution in [-0.4, -0.2) is 19.6 Å². The van der Waals surface area contributed by atoms with Crippen molar-refractivity contribution in [2.45, 2.75) is 19.6 Å². The molecule has 4 nitrogen and oxygen atoms in total. The molecular formula is C19H18ClF2NO3. The Labute approximate surface area is 155 Å². The van der Waals surface area contributed by atoms with Crippen LogP contribution in [0.1, 0.15) is 24.1 Å². The van der Waals surface area contributed by atoms with Crippen molar-refractivity contribution in [2.75, 3.05) is 7.11 Å². The van der Waals surface area contributed by atoms with E-state index in [1.807, 2.05) is 19.1 Å². The molecule has 1 amide bonds. The molecule has 2 aromatic carbocycles. The highest BCUT2D eigenvalue weighted by atomic mass is 35.5. The molecule has 1 unspecified atom stereocenters. The summed E-state index contributed by atoms with van der Waals surface area (Å²) in [6.07, 6.45) is 2.90. The number of benzene rings is 2. The summed E-state index contributed by atoms with van der Waals surface area (Å²) in [5.41, 5.74) is 1.49. The van der Waals surface area contributed by atoms with Crippen LogP contribution in [0.5, 0.6) is 11.5 Å². The van der Waals surface area contributed by atoms with Crippen LogP contribution in [0.25, 0.3) is 6.08 Å². The van der Waals surface area contributed by atoms with Gasteiger partial charge in [0, 0.05) is 11.1 Å². The molecule has 0 aliphatic rings. The van der Waals surface area contributed by atoms with Gasteiger partial charge in [0.2, 0.25) is 5.91 Å². The van der Waals surface area contributed by atoms with Gasteiger partial charge < -0.3 is 14.8 Å². The highest BCUT2D eigenvalue weighted by Crippen LogP contribution is 2.29. The lowest BCUT2D eigenvalue weighted by Crippen LogP contribution is -2.24. The average molecular weight is 382 g/mol. The number of carbonyl (C=O) groups excluding carboxylic acids is 1. The maximum absolute atomic E-state index is 12.3. The first kappa shape index (κ1) is 19.7. The molecule has 2 rings (SSSR count). The quantitative estimate of drug-likeness (QED) is 0.698. The third-order valence-corrected chi connectivity index (χ3v) is 3.77. The summed E-state index contributed by atoms with van der Waals surface area (Å²) in [6.45, 7) is -1.10. The zero-order valence-corrected chi connectivity index (χ0v) is 15.0. The van der Waals surface area contributed by atoms with Gasteiger partial charge in [-0.05, 0) is 48.4 Å². The van der Waals surface area contributed by atoms with E-state index in [9.17, 15) is 13.6 Å². The Balaban J connectivity index is 2.03. The minimum absolute atomic E-state index is 0.0707. The second-order valence-electron chi connectivity index (χ2n) is 5.41. The third kappa shape index (κ3) is 5.74. The molecular weight excluding hydrogens is 364 g/mol. The summed E-state index contributed by atoms with van der Waals surface area (Å²) in [6, 6.07) is 11.4. The number of carbonyl (C=O) groups is 1. The molecule has 26 heavy (non-hydrogen) atoms. The van der Waals surface area contributed by atoms with E-state index < -0.39 is 6.61 Å². The van der Waals surface area contributed by atoms with Crippen molar-refractivity contribution in [1.29, 1.82) is 0 Å². The Morgan fingerprint density at radius 3 is 2.62 bits per heavy atom. The monoisotopic (exact) mass is 381 g/mol. The van der Waals surface area contributed by atoms with Gasteiger partial charge in [0.15, 0.2) is 11.5 Å². The summed E-state index contributed by atoms with van der Waals surface area (Å²) in [4.78, 5) is 12.1. The van der Waals surface area contributed by atoms with Crippen LogP contribution in [0.3, 0.4) is 0 Å². The van der Waals surface area contributed by atoms with E-state index >= 15 is 0 Å². The van der Waals surface area contributed by atoms with Gasteiger partial charge in [0.05, 0.1) is 13.2 Å². The summed E-state index contributed by atoms with van der Waals surface area (Å²) >= 11 is 5.94. The molecule has 1 atom stereocenters. The first-order valence-electron chi connectivity index (χ1n) is 7.76. The molecule has 0 spiro atoms. The lowest BCUT2D eigenvalue weighted by Gasteiger charge is -2.13. The van der Waals surface area contributed by atoms with E-state index in [1.54, 1.807) is 24.3 Å². The molecule has 138 valence electrons. The van der Waals surface area contributed by atoms with Gasteiger partial charge in [0.25, 0.3) is 0 Å². The molecule has 0 saturated heterocycles. The van der Waals surface area contributed by atoms with Crippen LogP contribution in [0.4, 0.5) is 8.78 Å². The number of halogens is 3. The highest BCUT2D eigenvalue weighted by Gasteiger charge is 2.11. The van der Waals surface area contributed by atoms with Crippen LogP contribution >= 0.6 is 11.6 Å². The van der Waals surface area contributed by atoms with Gasteiger partial charge in [-0.2, -0.15) is 8.78 Å². The van der Waals surface area contributed by atoms with Gasteiger partial charge in [-0.3, -0.25) is 4.79 Å². The number of hydrogen-bond donors (Lipinski definition) is 1. The zero-order valence-electron chi connectivity index (χ0n) is 14.2. The fraction of sp³-hybridized carbons (Fsp3) is 0.211. The normalized spacial score (nSPS) is 12.2. The number of rotatable bonds is 7. The Kier molecular flexibility index (Phi) is 6.97. The predicted molar refractivity (Wildman–Crippen MR) is 96.7 cm³/mol. The molecule has 0 aliphatic heterocycles. The minimum Gasteiger partial charge on any atom is -0.493 e. The fourth-order valence-electron chi connectivity index (χ4n) is 2.27. The van der Waals surface area contributed by atoms with Crippen LogP contribution in [0.15, 0.2) is 48.5 Å². The van der Waals surface area contributed by atoms with E-state index in [0.717, 1.165) is 5.56 Å². The fourth-order valence-corrected chi connectivity index (χ4v) is 2.47. The molecule has 0 bridgehead atoms. The standard InChI is InChI=1S/C19H18ClF2NO3/c1-12(14-4-3-5-15(20)11-14)23-18(24)9-7-13-6-8-16(26-19(21)22)17(10-13)25-2/h3-12,19H,1-2H3,(H,23,24)/b9-7+. The second kappa shape index (κ2) is 9.20. The molecule has 0 saturated carbocycles. The summed E-state index contributed by atoms with van der Waals surface area (Å²) in [5, 5.41) is 3.41. The zero-order chi connectivity index (χ0) is 19.1. The number of hydrogen-bond acceptors (Lipinski definition) is 3. The lowest BCUT2D eigenvalue weighted by atomic mass is 10.1. The third-order valence-electron chi connectivity index (χ3n) is 3.54. The first-order chi connectivity index (χ1) is 12.4. The summed E-state index contributed by atoms with van der Waals surface area (Å²) in [7, 11) is 1.35. The van der Waals surface area contributed by atoms with Crippen LogP contribution < -0.4 is 14.8 Å². The van der Waals surface area contributed by atoms with Crippen molar-refractivity contribution in [1.82, 2.24) is 5.32 Å². The molecule has 0 fully saturated rings. The lowest BCUT2D eigenvalue weighted by molar-refractivity contribution is -0.117. The second-order valence-corrected chi connectivity index (χ2v) is 5.84. The Morgan fingerprint density at radius 1 is 1.19 bits per heavy atom. The average Bonchev–Trinajstić information content (AvgIpc) is 2.60. The van der Waals surface area contributed by atoms with Crippen molar-refractivity contribution >= 4 is 23.6 Å². The van der Waals surface area contributed by atoms with Crippen molar-refractivity contribution in [3.05, 3.63) is 64.7 Å². The number of nitrogens with one attached hydrogen (secondary N) is 1. The number of ether oxygens (including phenoxy) is 2. The first-order valence-corrected chi connectivity index (χ1v) is 8.13. The van der Waals surface area contributed by atoms with Crippen molar-refractivity contribution < 1.29 is 23.0 Å². The van der Waals surface area contributed by atoms with E-state index in [4.69, 9.17) is 16.3 Å². The number of amides is 1. The topological polar surface area (TPSA) is 47.6 Å². The van der Waals surface area contributed by atoms with Crippen molar-refractivity contribution in [3.63, 3.8) is 0 Å². The molecule has 7 heteroatoms. The minimum atomic E-state index is -2.94. The van der Waals surface area contributed by atoms with Gasteiger partial charge in [-0.25, -0.2) is 0 Å². The Morgan fingerprint density at radius 2 is 1.96 bits per heavy atom.